The summed E-state index contributed by atoms with van der Waals surface area (Å²) < 4.78 is 0. The molecule has 1 aliphatic carbocycles. The van der Waals surface area contributed by atoms with E-state index in [0.29, 0.717) is 29.1 Å². The molecule has 1 aromatic heterocycles. The Morgan fingerprint density at radius 3 is 2.74 bits per heavy atom. The third kappa shape index (κ3) is 5.40. The Morgan fingerprint density at radius 1 is 1.23 bits per heavy atom. The Labute approximate surface area is 192 Å². The molecular weight excluding hydrogens is 437 g/mol. The van der Waals surface area contributed by atoms with Crippen LogP contribution < -0.4 is 10.6 Å². The minimum absolute atomic E-state index is 0.140. The lowest BCUT2D eigenvalue weighted by atomic mass is 9.93. The maximum absolute atomic E-state index is 12.8. The van der Waals surface area contributed by atoms with Crippen LogP contribution in [-0.4, -0.2) is 44.7 Å². The largest absolute Gasteiger partial charge is 0.393 e. The topological polar surface area (TPSA) is 90.4 Å². The molecule has 2 heterocycles. The number of rotatable bonds is 4. The number of aliphatic hydroxyl groups is 1. The number of nitrogens with one attached hydrogen (secondary N) is 2. The summed E-state index contributed by atoms with van der Waals surface area (Å²) in [6.45, 7) is 2.97. The summed E-state index contributed by atoms with van der Waals surface area (Å²) in [4.78, 5) is 23.7. The first-order chi connectivity index (χ1) is 14.9. The van der Waals surface area contributed by atoms with Crippen LogP contribution in [0.5, 0.6) is 0 Å². The van der Waals surface area contributed by atoms with Crippen LogP contribution in [0.2, 0.25) is 10.0 Å². The summed E-state index contributed by atoms with van der Waals surface area (Å²) >= 11 is 12.1. The zero-order valence-corrected chi connectivity index (χ0v) is 19.0. The molecule has 1 fully saturated rings. The van der Waals surface area contributed by atoms with Crippen molar-refractivity contribution in [3.8, 4) is 0 Å². The van der Waals surface area contributed by atoms with Crippen molar-refractivity contribution < 1.29 is 9.90 Å². The number of hydrogen-bond donors (Lipinski definition) is 3. The number of amides is 2. The first kappa shape index (κ1) is 22.1. The van der Waals surface area contributed by atoms with Crippen molar-refractivity contribution in [2.75, 3.05) is 11.9 Å². The molecule has 2 aliphatic rings. The summed E-state index contributed by atoms with van der Waals surface area (Å²) in [5.41, 5.74) is 2.84. The molecule has 3 N–H and O–H groups in total. The van der Waals surface area contributed by atoms with Crippen LogP contribution in [0.25, 0.3) is 0 Å². The maximum Gasteiger partial charge on any atom is 0.318 e. The van der Waals surface area contributed by atoms with E-state index in [0.717, 1.165) is 48.9 Å². The van der Waals surface area contributed by atoms with Gasteiger partial charge in [-0.05, 0) is 62.3 Å². The smallest absolute Gasteiger partial charge is 0.318 e. The van der Waals surface area contributed by atoms with E-state index in [1.165, 1.54) is 0 Å². The second kappa shape index (κ2) is 9.59. The van der Waals surface area contributed by atoms with Crippen molar-refractivity contribution in [2.24, 2.45) is 0 Å². The van der Waals surface area contributed by atoms with Crippen molar-refractivity contribution in [2.45, 2.75) is 63.8 Å². The van der Waals surface area contributed by atoms with Crippen LogP contribution in [0.3, 0.4) is 0 Å². The highest BCUT2D eigenvalue weighted by molar-refractivity contribution is 6.42. The zero-order valence-electron chi connectivity index (χ0n) is 17.4. The Morgan fingerprint density at radius 2 is 2.00 bits per heavy atom. The summed E-state index contributed by atoms with van der Waals surface area (Å²) in [5, 5.41) is 17.1. The highest BCUT2D eigenvalue weighted by Gasteiger charge is 2.25. The van der Waals surface area contributed by atoms with Crippen LogP contribution in [0.15, 0.2) is 24.4 Å². The lowest BCUT2D eigenvalue weighted by Crippen LogP contribution is -2.44. The van der Waals surface area contributed by atoms with Crippen molar-refractivity contribution >= 4 is 35.2 Å². The molecule has 0 radical (unpaired) electrons. The standard InChI is InChI=1S/C22H27Cl2N5O2/c1-13(14-2-7-18(23)19(24)10-14)26-22(31)29-9-8-15-11-25-21(28-20(15)12-29)27-16-3-5-17(30)6-4-16/h2,7,10-11,13,16-17,30H,3-6,8-9,12H2,1H3,(H,26,31)(H,25,27,28)/t13-,16?,17?/m1/s1. The van der Waals surface area contributed by atoms with Gasteiger partial charge in [0.1, 0.15) is 0 Å². The second-order valence-corrected chi connectivity index (χ2v) is 9.15. The molecule has 2 aromatic rings. The van der Waals surface area contributed by atoms with E-state index in [1.807, 2.05) is 19.2 Å². The van der Waals surface area contributed by atoms with Gasteiger partial charge in [0, 0.05) is 18.8 Å². The SMILES string of the molecule is C[C@@H](NC(=O)N1CCc2cnc(NC3CCC(O)CC3)nc2C1)c1ccc(Cl)c(Cl)c1. The highest BCUT2D eigenvalue weighted by atomic mass is 35.5. The van der Waals surface area contributed by atoms with Gasteiger partial charge in [0.25, 0.3) is 0 Å². The quantitative estimate of drug-likeness (QED) is 0.627. The summed E-state index contributed by atoms with van der Waals surface area (Å²) in [6, 6.07) is 5.30. The number of anilines is 1. The number of halogens is 2. The number of fused-ring (bicyclic) bond motifs is 1. The van der Waals surface area contributed by atoms with Gasteiger partial charge in [-0.3, -0.25) is 0 Å². The van der Waals surface area contributed by atoms with Crippen molar-refractivity contribution in [3.63, 3.8) is 0 Å². The fraction of sp³-hybridized carbons (Fsp3) is 0.500. The van der Waals surface area contributed by atoms with Crippen LogP contribution in [0.1, 0.15) is 55.5 Å². The molecule has 1 aliphatic heterocycles. The lowest BCUT2D eigenvalue weighted by molar-refractivity contribution is 0.126. The third-order valence-electron chi connectivity index (χ3n) is 6.05. The maximum atomic E-state index is 12.8. The normalized spacial score (nSPS) is 21.9. The molecule has 0 unspecified atom stereocenters. The first-order valence-electron chi connectivity index (χ1n) is 10.7. The third-order valence-corrected chi connectivity index (χ3v) is 6.79. The molecule has 166 valence electrons. The first-order valence-corrected chi connectivity index (χ1v) is 11.4. The van der Waals surface area contributed by atoms with Crippen LogP contribution in [0.4, 0.5) is 10.7 Å². The molecule has 1 aromatic carbocycles. The van der Waals surface area contributed by atoms with E-state index in [1.54, 1.807) is 17.0 Å². The van der Waals surface area contributed by atoms with Gasteiger partial charge in [-0.1, -0.05) is 29.3 Å². The molecule has 7 nitrogen and oxygen atoms in total. The van der Waals surface area contributed by atoms with Gasteiger partial charge in [-0.2, -0.15) is 0 Å². The number of aliphatic hydroxyl groups excluding tert-OH is 1. The number of carbonyl (C=O) groups is 1. The molecule has 1 saturated carbocycles. The predicted molar refractivity (Wildman–Crippen MR) is 121 cm³/mol. The molecule has 31 heavy (non-hydrogen) atoms. The number of hydrogen-bond acceptors (Lipinski definition) is 5. The van der Waals surface area contributed by atoms with Crippen molar-refractivity contribution in [3.05, 3.63) is 51.3 Å². The van der Waals surface area contributed by atoms with Crippen molar-refractivity contribution in [1.82, 2.24) is 20.2 Å². The van der Waals surface area contributed by atoms with E-state index in [-0.39, 0.29) is 24.2 Å². The molecule has 4 rings (SSSR count). The number of benzene rings is 1. The Bertz CT molecular complexity index is 949. The van der Waals surface area contributed by atoms with Gasteiger partial charge in [-0.15, -0.1) is 0 Å². The predicted octanol–water partition coefficient (Wildman–Crippen LogP) is 4.33. The van der Waals surface area contributed by atoms with Gasteiger partial charge in [0.2, 0.25) is 5.95 Å². The number of nitrogens with zero attached hydrogens (tertiary/aromatic N) is 3. The van der Waals surface area contributed by atoms with Gasteiger partial charge in [0.15, 0.2) is 0 Å². The molecule has 9 heteroatoms. The Balaban J connectivity index is 1.38. The van der Waals surface area contributed by atoms with E-state index in [4.69, 9.17) is 23.2 Å². The van der Waals surface area contributed by atoms with E-state index in [2.05, 4.69) is 20.6 Å². The molecule has 2 amide bonds. The fourth-order valence-electron chi connectivity index (χ4n) is 4.09. The number of urea groups is 1. The van der Waals surface area contributed by atoms with Crippen molar-refractivity contribution in [1.29, 1.82) is 0 Å². The second-order valence-electron chi connectivity index (χ2n) is 8.33. The van der Waals surface area contributed by atoms with Gasteiger partial charge >= 0.3 is 6.03 Å². The lowest BCUT2D eigenvalue weighted by Gasteiger charge is -2.30. The Hall–Kier alpha value is -2.09. The number of aromatic nitrogens is 2. The molecule has 0 bridgehead atoms. The monoisotopic (exact) mass is 463 g/mol. The van der Waals surface area contributed by atoms with Gasteiger partial charge < -0.3 is 20.6 Å². The molecular formula is C22H27Cl2N5O2. The zero-order chi connectivity index (χ0) is 22.0. The summed E-state index contributed by atoms with van der Waals surface area (Å²) in [5.74, 6) is 0.589. The van der Waals surface area contributed by atoms with Gasteiger partial charge in [0.05, 0.1) is 34.4 Å². The molecule has 0 saturated heterocycles. The van der Waals surface area contributed by atoms with Gasteiger partial charge in [-0.25, -0.2) is 14.8 Å². The fourth-order valence-corrected chi connectivity index (χ4v) is 4.40. The number of carbonyl (C=O) groups excluding carboxylic acids is 1. The van der Waals surface area contributed by atoms with E-state index >= 15 is 0 Å². The van der Waals surface area contributed by atoms with E-state index < -0.39 is 0 Å². The van der Waals surface area contributed by atoms with E-state index in [9.17, 15) is 9.90 Å². The summed E-state index contributed by atoms with van der Waals surface area (Å²) in [6.07, 6.45) is 5.79. The Kier molecular flexibility index (Phi) is 6.84. The minimum atomic E-state index is -0.201. The molecule has 1 atom stereocenters. The average molecular weight is 464 g/mol. The minimum Gasteiger partial charge on any atom is -0.393 e. The van der Waals surface area contributed by atoms with Crippen LogP contribution in [0, 0.1) is 0 Å². The molecule has 0 spiro atoms. The average Bonchev–Trinajstić information content (AvgIpc) is 2.76. The van der Waals surface area contributed by atoms with Crippen LogP contribution in [-0.2, 0) is 13.0 Å². The highest BCUT2D eigenvalue weighted by Crippen LogP contribution is 2.26. The van der Waals surface area contributed by atoms with Crippen LogP contribution >= 0.6 is 23.2 Å². The summed E-state index contributed by atoms with van der Waals surface area (Å²) in [7, 11) is 0.